The molecule has 8 heavy (non-hydrogen) atoms. The Bertz CT molecular complexity index is 167. The van der Waals surface area contributed by atoms with Gasteiger partial charge in [-0.3, -0.25) is 4.79 Å². The molecule has 0 heterocycles. The summed E-state index contributed by atoms with van der Waals surface area (Å²) in [5, 5.41) is 0. The van der Waals surface area contributed by atoms with Crippen LogP contribution < -0.4 is 0 Å². The van der Waals surface area contributed by atoms with Crippen LogP contribution in [-0.4, -0.2) is 5.78 Å². The molecule has 1 nitrogen and oxygen atoms in total. The van der Waals surface area contributed by atoms with Gasteiger partial charge in [0.1, 0.15) is 0 Å². The third kappa shape index (κ3) is 0.443. The van der Waals surface area contributed by atoms with E-state index in [1.54, 1.807) is 0 Å². The number of fused-ring (bicyclic) bond motifs is 1. The van der Waals surface area contributed by atoms with E-state index < -0.39 is 0 Å². The lowest BCUT2D eigenvalue weighted by Gasteiger charge is -2.04. The van der Waals surface area contributed by atoms with Crippen LogP contribution in [0.2, 0.25) is 0 Å². The molecule has 0 saturated heterocycles. The summed E-state index contributed by atoms with van der Waals surface area (Å²) in [4.78, 5) is 10.8. The minimum absolute atomic E-state index is 0.404. The van der Waals surface area contributed by atoms with Gasteiger partial charge in [-0.15, -0.1) is 0 Å². The maximum Gasteiger partial charge on any atom is 0.159 e. The zero-order chi connectivity index (χ0) is 5.56. The first kappa shape index (κ1) is 4.30. The number of allylic oxidation sites excluding steroid dienone is 2. The van der Waals surface area contributed by atoms with Gasteiger partial charge in [-0.25, -0.2) is 0 Å². The van der Waals surface area contributed by atoms with Crippen molar-refractivity contribution in [1.82, 2.24) is 0 Å². The zero-order valence-corrected chi connectivity index (χ0v) is 4.68. The van der Waals surface area contributed by atoms with Crippen molar-refractivity contribution in [2.45, 2.75) is 19.3 Å². The van der Waals surface area contributed by atoms with Gasteiger partial charge in [-0.1, -0.05) is 6.08 Å². The van der Waals surface area contributed by atoms with Crippen LogP contribution >= 0.6 is 0 Å². The summed E-state index contributed by atoms with van der Waals surface area (Å²) in [7, 11) is 0. The van der Waals surface area contributed by atoms with E-state index in [0.717, 1.165) is 18.4 Å². The van der Waals surface area contributed by atoms with Gasteiger partial charge in [0.05, 0.1) is 0 Å². The Kier molecular flexibility index (Phi) is 0.655. The molecular formula is C7H8O. The standard InChI is InChI=1S/C7H8O/c8-7-3-1-2-5-4-6(5)7/h4-5H,1-3H2. The molecule has 1 heteroatoms. The Balaban J connectivity index is 2.17. The molecule has 42 valence electrons. The minimum Gasteiger partial charge on any atom is -0.295 e. The van der Waals surface area contributed by atoms with Crippen LogP contribution in [0.25, 0.3) is 0 Å². The maximum atomic E-state index is 10.8. The van der Waals surface area contributed by atoms with Gasteiger partial charge in [-0.05, 0) is 18.4 Å². The third-order valence-electron chi connectivity index (χ3n) is 1.91. The second-order valence-electron chi connectivity index (χ2n) is 2.54. The molecule has 0 N–H and O–H groups in total. The fourth-order valence-corrected chi connectivity index (χ4v) is 1.33. The van der Waals surface area contributed by atoms with Crippen LogP contribution in [-0.2, 0) is 4.79 Å². The first-order chi connectivity index (χ1) is 3.88. The molecule has 2 rings (SSSR count). The van der Waals surface area contributed by atoms with Gasteiger partial charge in [0.25, 0.3) is 0 Å². The van der Waals surface area contributed by atoms with Gasteiger partial charge < -0.3 is 0 Å². The van der Waals surface area contributed by atoms with Crippen molar-refractivity contribution in [2.24, 2.45) is 5.92 Å². The van der Waals surface area contributed by atoms with E-state index in [4.69, 9.17) is 0 Å². The SMILES string of the molecule is O=C1CCCC2C=C12. The molecule has 1 atom stereocenters. The second kappa shape index (κ2) is 1.22. The zero-order valence-electron chi connectivity index (χ0n) is 4.68. The Labute approximate surface area is 48.4 Å². The van der Waals surface area contributed by atoms with Crippen molar-refractivity contribution < 1.29 is 4.79 Å². The number of Topliss-reactive ketones (excluding diaryl/α,β-unsaturated/α-hetero) is 1. The molecule has 0 bridgehead atoms. The maximum absolute atomic E-state index is 10.8. The van der Waals surface area contributed by atoms with Crippen molar-refractivity contribution in [1.29, 1.82) is 0 Å². The molecular weight excluding hydrogens is 100 g/mol. The lowest BCUT2D eigenvalue weighted by Crippen LogP contribution is -2.04. The fraction of sp³-hybridized carbons (Fsp3) is 0.571. The highest BCUT2D eigenvalue weighted by Gasteiger charge is 2.33. The largest absolute Gasteiger partial charge is 0.295 e. The Hall–Kier alpha value is -0.590. The topological polar surface area (TPSA) is 17.1 Å². The molecule has 0 radical (unpaired) electrons. The molecule has 1 saturated carbocycles. The van der Waals surface area contributed by atoms with Crippen LogP contribution in [0.15, 0.2) is 11.6 Å². The summed E-state index contributed by atoms with van der Waals surface area (Å²) in [5.74, 6) is 1.03. The summed E-state index contributed by atoms with van der Waals surface area (Å²) >= 11 is 0. The Morgan fingerprint density at radius 1 is 1.62 bits per heavy atom. The predicted octanol–water partition coefficient (Wildman–Crippen LogP) is 1.30. The van der Waals surface area contributed by atoms with Crippen LogP contribution in [0.5, 0.6) is 0 Å². The van der Waals surface area contributed by atoms with Crippen LogP contribution in [0.1, 0.15) is 19.3 Å². The van der Waals surface area contributed by atoms with E-state index in [1.165, 1.54) is 6.42 Å². The number of rotatable bonds is 0. The molecule has 0 aliphatic heterocycles. The van der Waals surface area contributed by atoms with E-state index in [1.807, 2.05) is 0 Å². The highest BCUT2D eigenvalue weighted by molar-refractivity contribution is 6.01. The highest BCUT2D eigenvalue weighted by atomic mass is 16.1. The van der Waals surface area contributed by atoms with Crippen molar-refractivity contribution in [3.63, 3.8) is 0 Å². The smallest absolute Gasteiger partial charge is 0.159 e. The lowest BCUT2D eigenvalue weighted by molar-refractivity contribution is -0.116. The number of carbonyl (C=O) groups excluding carboxylic acids is 1. The first-order valence-electron chi connectivity index (χ1n) is 3.13. The van der Waals surface area contributed by atoms with Gasteiger partial charge in [-0.2, -0.15) is 0 Å². The van der Waals surface area contributed by atoms with Crippen molar-refractivity contribution >= 4 is 5.78 Å². The fourth-order valence-electron chi connectivity index (χ4n) is 1.33. The predicted molar refractivity (Wildman–Crippen MR) is 30.4 cm³/mol. The van der Waals surface area contributed by atoms with E-state index in [0.29, 0.717) is 11.7 Å². The van der Waals surface area contributed by atoms with Crippen molar-refractivity contribution in [2.75, 3.05) is 0 Å². The summed E-state index contributed by atoms with van der Waals surface area (Å²) in [6, 6.07) is 0. The van der Waals surface area contributed by atoms with Gasteiger partial charge in [0, 0.05) is 12.3 Å². The monoisotopic (exact) mass is 108 g/mol. The number of carbonyl (C=O) groups is 1. The molecule has 2 aliphatic carbocycles. The van der Waals surface area contributed by atoms with E-state index >= 15 is 0 Å². The Morgan fingerprint density at radius 2 is 2.50 bits per heavy atom. The molecule has 0 aromatic carbocycles. The average Bonchev–Trinajstić information content (AvgIpc) is 2.45. The molecule has 0 aromatic rings. The lowest BCUT2D eigenvalue weighted by atomic mass is 9.99. The minimum atomic E-state index is 0.404. The van der Waals surface area contributed by atoms with E-state index in [2.05, 4.69) is 6.08 Å². The summed E-state index contributed by atoms with van der Waals surface area (Å²) in [6.45, 7) is 0. The van der Waals surface area contributed by atoms with Gasteiger partial charge >= 0.3 is 0 Å². The van der Waals surface area contributed by atoms with Crippen LogP contribution in [0.4, 0.5) is 0 Å². The van der Waals surface area contributed by atoms with E-state index in [9.17, 15) is 4.79 Å². The third-order valence-corrected chi connectivity index (χ3v) is 1.91. The molecule has 1 unspecified atom stereocenters. The quantitative estimate of drug-likeness (QED) is 0.457. The highest BCUT2D eigenvalue weighted by Crippen LogP contribution is 2.39. The summed E-state index contributed by atoms with van der Waals surface area (Å²) in [6.07, 6.45) is 5.25. The second-order valence-corrected chi connectivity index (χ2v) is 2.54. The van der Waals surface area contributed by atoms with Crippen LogP contribution in [0, 0.1) is 5.92 Å². The number of ketones is 1. The number of hydrogen-bond donors (Lipinski definition) is 0. The summed E-state index contributed by atoms with van der Waals surface area (Å²) < 4.78 is 0. The van der Waals surface area contributed by atoms with Crippen molar-refractivity contribution in [3.05, 3.63) is 11.6 Å². The number of hydrogen-bond acceptors (Lipinski definition) is 1. The normalized spacial score (nSPS) is 33.8. The van der Waals surface area contributed by atoms with Crippen molar-refractivity contribution in [3.8, 4) is 0 Å². The Morgan fingerprint density at radius 3 is 3.12 bits per heavy atom. The van der Waals surface area contributed by atoms with Gasteiger partial charge in [0.15, 0.2) is 5.78 Å². The first-order valence-corrected chi connectivity index (χ1v) is 3.13. The molecule has 0 amide bonds. The van der Waals surface area contributed by atoms with Crippen LogP contribution in [0.3, 0.4) is 0 Å². The molecule has 0 aromatic heterocycles. The van der Waals surface area contributed by atoms with E-state index in [-0.39, 0.29) is 0 Å². The van der Waals surface area contributed by atoms with Gasteiger partial charge in [0.2, 0.25) is 0 Å². The summed E-state index contributed by atoms with van der Waals surface area (Å²) in [5.41, 5.74) is 1.12. The molecule has 0 spiro atoms. The molecule has 2 aliphatic rings. The average molecular weight is 108 g/mol. The molecule has 1 fully saturated rings.